The summed E-state index contributed by atoms with van der Waals surface area (Å²) in [5.41, 5.74) is 4.83. The summed E-state index contributed by atoms with van der Waals surface area (Å²) in [5.74, 6) is -0.105. The summed E-state index contributed by atoms with van der Waals surface area (Å²) in [6.45, 7) is 2.12. The molecule has 0 unspecified atom stereocenters. The molecule has 0 aromatic heterocycles. The summed E-state index contributed by atoms with van der Waals surface area (Å²) in [4.78, 5) is 13.9. The van der Waals surface area contributed by atoms with Gasteiger partial charge in [0.05, 0.1) is 11.1 Å². The van der Waals surface area contributed by atoms with Crippen molar-refractivity contribution < 1.29 is 18.0 Å². The first-order chi connectivity index (χ1) is 9.29. The number of anilines is 1. The molecule has 6 heteroatoms. The van der Waals surface area contributed by atoms with Crippen molar-refractivity contribution in [3.8, 4) is 0 Å². The molecule has 1 fully saturated rings. The molecule has 20 heavy (non-hydrogen) atoms. The van der Waals surface area contributed by atoms with Crippen molar-refractivity contribution in [2.24, 2.45) is 5.92 Å². The molecule has 1 amide bonds. The Morgan fingerprint density at radius 1 is 1.35 bits per heavy atom. The van der Waals surface area contributed by atoms with Crippen LogP contribution in [-0.2, 0) is 12.7 Å². The third-order valence-electron chi connectivity index (χ3n) is 4.16. The number of fused-ring (bicyclic) bond motifs is 1. The maximum absolute atomic E-state index is 13.1. The SMILES string of the molecule is C[C@@H](C1CC1)N1Cc2cc(N)cc(C(F)(F)F)c2C1=O. The minimum atomic E-state index is -4.56. The normalized spacial score (nSPS) is 20.2. The third kappa shape index (κ3) is 2.03. The number of hydrogen-bond donors (Lipinski definition) is 1. The predicted molar refractivity (Wildman–Crippen MR) is 67.9 cm³/mol. The summed E-state index contributed by atoms with van der Waals surface area (Å²) < 4.78 is 39.2. The molecule has 1 atom stereocenters. The van der Waals surface area contributed by atoms with Crippen LogP contribution in [-0.4, -0.2) is 16.8 Å². The molecule has 0 saturated heterocycles. The molecule has 3 nitrogen and oxygen atoms in total. The lowest BCUT2D eigenvalue weighted by Crippen LogP contribution is -2.35. The molecule has 2 aliphatic rings. The van der Waals surface area contributed by atoms with Crippen LogP contribution in [0.15, 0.2) is 12.1 Å². The van der Waals surface area contributed by atoms with Crippen LogP contribution in [0, 0.1) is 5.92 Å². The van der Waals surface area contributed by atoms with E-state index in [1.54, 1.807) is 0 Å². The van der Waals surface area contributed by atoms with Gasteiger partial charge in [-0.25, -0.2) is 0 Å². The fraction of sp³-hybridized carbons (Fsp3) is 0.500. The Morgan fingerprint density at radius 2 is 2.00 bits per heavy atom. The molecule has 1 aromatic rings. The van der Waals surface area contributed by atoms with Gasteiger partial charge in [-0.15, -0.1) is 0 Å². The van der Waals surface area contributed by atoms with Crippen LogP contribution in [0.2, 0.25) is 0 Å². The van der Waals surface area contributed by atoms with Crippen molar-refractivity contribution in [3.05, 3.63) is 28.8 Å². The molecule has 1 aliphatic heterocycles. The zero-order valence-corrected chi connectivity index (χ0v) is 11.0. The molecule has 108 valence electrons. The summed E-state index contributed by atoms with van der Waals surface area (Å²) >= 11 is 0. The average Bonchev–Trinajstić information content (AvgIpc) is 3.12. The number of halogens is 3. The van der Waals surface area contributed by atoms with Crippen LogP contribution in [0.3, 0.4) is 0 Å². The van der Waals surface area contributed by atoms with Crippen LogP contribution in [0.4, 0.5) is 18.9 Å². The Kier molecular flexibility index (Phi) is 2.74. The number of carbonyl (C=O) groups is 1. The second-order valence-corrected chi connectivity index (χ2v) is 5.61. The predicted octanol–water partition coefficient (Wildman–Crippen LogP) is 3.04. The number of hydrogen-bond acceptors (Lipinski definition) is 2. The van der Waals surface area contributed by atoms with E-state index >= 15 is 0 Å². The number of rotatable bonds is 2. The maximum atomic E-state index is 13.1. The fourth-order valence-electron chi connectivity index (χ4n) is 2.89. The number of carbonyl (C=O) groups excluding carboxylic acids is 1. The Morgan fingerprint density at radius 3 is 2.55 bits per heavy atom. The standard InChI is InChI=1S/C14H15F3N2O/c1-7(8-2-3-8)19-6-9-4-10(18)5-11(14(15,16)17)12(9)13(19)20/h4-5,7-8H,2-3,6,18H2,1H3/t7-/m0/s1. The van der Waals surface area contributed by atoms with Gasteiger partial charge in [-0.2, -0.15) is 13.2 Å². The Bertz CT molecular complexity index is 579. The molecule has 0 bridgehead atoms. The van der Waals surface area contributed by atoms with Gasteiger partial charge in [-0.05, 0) is 43.4 Å². The van der Waals surface area contributed by atoms with Gasteiger partial charge >= 0.3 is 6.18 Å². The molecule has 0 radical (unpaired) electrons. The first-order valence-corrected chi connectivity index (χ1v) is 6.59. The Labute approximate surface area is 114 Å². The lowest BCUT2D eigenvalue weighted by molar-refractivity contribution is -0.137. The lowest BCUT2D eigenvalue weighted by atomic mass is 10.0. The van der Waals surface area contributed by atoms with Crippen molar-refractivity contribution in [1.29, 1.82) is 0 Å². The molecule has 1 saturated carbocycles. The monoisotopic (exact) mass is 284 g/mol. The molecule has 1 heterocycles. The number of amides is 1. The maximum Gasteiger partial charge on any atom is 0.417 e. The Balaban J connectivity index is 2.04. The van der Waals surface area contributed by atoms with E-state index in [1.165, 1.54) is 11.0 Å². The van der Waals surface area contributed by atoms with E-state index in [2.05, 4.69) is 0 Å². The topological polar surface area (TPSA) is 46.3 Å². The second kappa shape index (κ2) is 4.14. The van der Waals surface area contributed by atoms with E-state index in [0.717, 1.165) is 18.9 Å². The lowest BCUT2D eigenvalue weighted by Gasteiger charge is -2.24. The molecular weight excluding hydrogens is 269 g/mol. The van der Waals surface area contributed by atoms with Gasteiger partial charge in [0.15, 0.2) is 0 Å². The third-order valence-corrected chi connectivity index (χ3v) is 4.16. The van der Waals surface area contributed by atoms with Gasteiger partial charge < -0.3 is 10.6 Å². The summed E-state index contributed by atoms with van der Waals surface area (Å²) in [7, 11) is 0. The zero-order valence-electron chi connectivity index (χ0n) is 11.0. The highest BCUT2D eigenvalue weighted by atomic mass is 19.4. The molecule has 2 N–H and O–H groups in total. The minimum Gasteiger partial charge on any atom is -0.399 e. The van der Waals surface area contributed by atoms with Crippen LogP contribution < -0.4 is 5.73 Å². The van der Waals surface area contributed by atoms with E-state index in [4.69, 9.17) is 5.73 Å². The van der Waals surface area contributed by atoms with Crippen LogP contribution in [0.25, 0.3) is 0 Å². The number of nitrogens with zero attached hydrogens (tertiary/aromatic N) is 1. The first-order valence-electron chi connectivity index (χ1n) is 6.59. The smallest absolute Gasteiger partial charge is 0.399 e. The van der Waals surface area contributed by atoms with Gasteiger partial charge in [-0.3, -0.25) is 4.79 Å². The van der Waals surface area contributed by atoms with E-state index in [-0.39, 0.29) is 23.8 Å². The number of nitrogen functional groups attached to an aromatic ring is 1. The van der Waals surface area contributed by atoms with Crippen molar-refractivity contribution in [3.63, 3.8) is 0 Å². The first kappa shape index (κ1) is 13.3. The number of alkyl halides is 3. The molecule has 1 aromatic carbocycles. The van der Waals surface area contributed by atoms with Crippen molar-refractivity contribution >= 4 is 11.6 Å². The highest BCUT2D eigenvalue weighted by Crippen LogP contribution is 2.42. The van der Waals surface area contributed by atoms with Gasteiger partial charge in [0, 0.05) is 18.3 Å². The molecule has 0 spiro atoms. The largest absolute Gasteiger partial charge is 0.417 e. The van der Waals surface area contributed by atoms with Gasteiger partial charge in [0.2, 0.25) is 0 Å². The fourth-order valence-corrected chi connectivity index (χ4v) is 2.89. The second-order valence-electron chi connectivity index (χ2n) is 5.61. The van der Waals surface area contributed by atoms with E-state index in [0.29, 0.717) is 11.5 Å². The quantitative estimate of drug-likeness (QED) is 0.848. The van der Waals surface area contributed by atoms with Gasteiger partial charge in [-0.1, -0.05) is 0 Å². The van der Waals surface area contributed by atoms with Gasteiger partial charge in [0.25, 0.3) is 5.91 Å². The van der Waals surface area contributed by atoms with Crippen LogP contribution in [0.5, 0.6) is 0 Å². The van der Waals surface area contributed by atoms with E-state index < -0.39 is 17.6 Å². The number of benzene rings is 1. The van der Waals surface area contributed by atoms with E-state index in [1.807, 2.05) is 6.92 Å². The molecular formula is C14H15F3N2O. The highest BCUT2D eigenvalue weighted by Gasteiger charge is 2.44. The van der Waals surface area contributed by atoms with Crippen molar-refractivity contribution in [2.75, 3.05) is 5.73 Å². The van der Waals surface area contributed by atoms with E-state index in [9.17, 15) is 18.0 Å². The Hall–Kier alpha value is -1.72. The van der Waals surface area contributed by atoms with Gasteiger partial charge in [0.1, 0.15) is 0 Å². The van der Waals surface area contributed by atoms with Crippen LogP contribution in [0.1, 0.15) is 41.3 Å². The van der Waals surface area contributed by atoms with Crippen LogP contribution >= 0.6 is 0 Å². The minimum absolute atomic E-state index is 0.0165. The van der Waals surface area contributed by atoms with Crippen molar-refractivity contribution in [2.45, 2.75) is 38.5 Å². The summed E-state index contributed by atoms with van der Waals surface area (Å²) in [6.07, 6.45) is -2.49. The molecule has 1 aliphatic carbocycles. The summed E-state index contributed by atoms with van der Waals surface area (Å²) in [5, 5.41) is 0. The zero-order chi connectivity index (χ0) is 14.7. The van der Waals surface area contributed by atoms with Crippen molar-refractivity contribution in [1.82, 2.24) is 4.90 Å². The molecule has 3 rings (SSSR count). The average molecular weight is 284 g/mol. The number of nitrogens with two attached hydrogens (primary N) is 1. The highest BCUT2D eigenvalue weighted by molar-refractivity contribution is 6.00. The summed E-state index contributed by atoms with van der Waals surface area (Å²) in [6, 6.07) is 2.31.